The summed E-state index contributed by atoms with van der Waals surface area (Å²) in [6, 6.07) is 1.69. The summed E-state index contributed by atoms with van der Waals surface area (Å²) in [6.45, 7) is 0.315. The molecule has 0 heterocycles. The first-order valence-electron chi connectivity index (χ1n) is 4.59. The van der Waals surface area contributed by atoms with E-state index in [0.717, 1.165) is 0 Å². The maximum absolute atomic E-state index is 9.88. The zero-order chi connectivity index (χ0) is 12.1. The minimum atomic E-state index is 0.106. The summed E-state index contributed by atoms with van der Waals surface area (Å²) in [5.74, 6) is 6.04. The first-order chi connectivity index (χ1) is 7.65. The van der Waals surface area contributed by atoms with Gasteiger partial charge >= 0.3 is 0 Å². The second-order valence-electron chi connectivity index (χ2n) is 3.05. The van der Waals surface area contributed by atoms with Gasteiger partial charge in [0, 0.05) is 12.0 Å². The number of hydrogen-bond donors (Lipinski definition) is 2. The third-order valence-corrected chi connectivity index (χ3v) is 2.89. The Labute approximate surface area is 102 Å². The molecule has 6 heteroatoms. The van der Waals surface area contributed by atoms with Crippen LogP contribution in [-0.4, -0.2) is 25.9 Å². The molecule has 0 amide bonds. The van der Waals surface area contributed by atoms with E-state index in [1.165, 1.54) is 14.2 Å². The molecule has 0 aliphatic heterocycles. The van der Waals surface area contributed by atoms with Crippen LogP contribution in [0.5, 0.6) is 17.2 Å². The number of halogens is 1. The lowest BCUT2D eigenvalue weighted by atomic mass is 10.1. The third kappa shape index (κ3) is 2.58. The van der Waals surface area contributed by atoms with E-state index in [-0.39, 0.29) is 5.75 Å². The molecule has 0 fully saturated rings. The Balaban J connectivity index is 3.16. The summed E-state index contributed by atoms with van der Waals surface area (Å²) in [5, 5.41) is 9.88. The molecule has 0 aliphatic carbocycles. The van der Waals surface area contributed by atoms with Crippen molar-refractivity contribution in [1.29, 1.82) is 0 Å². The van der Waals surface area contributed by atoms with Crippen LogP contribution >= 0.6 is 15.9 Å². The molecule has 0 atom stereocenters. The van der Waals surface area contributed by atoms with Gasteiger partial charge in [0.2, 0.25) is 0 Å². The van der Waals surface area contributed by atoms with Gasteiger partial charge < -0.3 is 19.4 Å². The van der Waals surface area contributed by atoms with Crippen LogP contribution in [0.2, 0.25) is 0 Å². The molecule has 5 nitrogen and oxygen atoms in total. The molecule has 0 radical (unpaired) electrons. The Kier molecular flexibility index (Phi) is 4.85. The standard InChI is InChI=1S/C10H14BrNO4/c1-14-7-5-6(3-4-16-12)9(13)8(11)10(7)15-2/h5,13H,3-4,12H2,1-2H3. The number of hydrogen-bond acceptors (Lipinski definition) is 5. The van der Waals surface area contributed by atoms with Crippen molar-refractivity contribution in [2.75, 3.05) is 20.8 Å². The van der Waals surface area contributed by atoms with Gasteiger partial charge in [-0.25, -0.2) is 5.90 Å². The highest BCUT2D eigenvalue weighted by molar-refractivity contribution is 9.10. The normalized spacial score (nSPS) is 10.2. The number of aromatic hydroxyl groups is 1. The van der Waals surface area contributed by atoms with Crippen molar-refractivity contribution < 1.29 is 19.4 Å². The van der Waals surface area contributed by atoms with E-state index >= 15 is 0 Å². The maximum Gasteiger partial charge on any atom is 0.178 e. The second-order valence-corrected chi connectivity index (χ2v) is 3.85. The molecule has 0 saturated heterocycles. The van der Waals surface area contributed by atoms with Gasteiger partial charge in [0.15, 0.2) is 11.5 Å². The largest absolute Gasteiger partial charge is 0.506 e. The molecule has 0 bridgehead atoms. The fourth-order valence-corrected chi connectivity index (χ4v) is 1.96. The molecule has 0 spiro atoms. The number of methoxy groups -OCH3 is 2. The van der Waals surface area contributed by atoms with Gasteiger partial charge in [-0.15, -0.1) is 0 Å². The second kappa shape index (κ2) is 5.93. The molecule has 1 aromatic carbocycles. The van der Waals surface area contributed by atoms with Crippen molar-refractivity contribution in [2.45, 2.75) is 6.42 Å². The number of ether oxygens (including phenoxy) is 2. The lowest BCUT2D eigenvalue weighted by molar-refractivity contribution is 0.140. The highest BCUT2D eigenvalue weighted by Crippen LogP contribution is 2.43. The fourth-order valence-electron chi connectivity index (χ4n) is 1.35. The third-order valence-electron chi connectivity index (χ3n) is 2.15. The van der Waals surface area contributed by atoms with E-state index < -0.39 is 0 Å². The monoisotopic (exact) mass is 291 g/mol. The molecular formula is C10H14BrNO4. The minimum Gasteiger partial charge on any atom is -0.506 e. The van der Waals surface area contributed by atoms with Gasteiger partial charge in [-0.05, 0) is 22.0 Å². The van der Waals surface area contributed by atoms with Gasteiger partial charge in [-0.3, -0.25) is 0 Å². The summed E-state index contributed by atoms with van der Waals surface area (Å²) in [5.41, 5.74) is 0.676. The van der Waals surface area contributed by atoms with Crippen LogP contribution < -0.4 is 15.4 Å². The molecule has 0 saturated carbocycles. The van der Waals surface area contributed by atoms with Crippen LogP contribution in [0, 0.1) is 0 Å². The highest BCUT2D eigenvalue weighted by atomic mass is 79.9. The van der Waals surface area contributed by atoms with E-state index in [0.29, 0.717) is 34.6 Å². The summed E-state index contributed by atoms with van der Waals surface area (Å²) < 4.78 is 10.7. The van der Waals surface area contributed by atoms with E-state index in [1.807, 2.05) is 0 Å². The zero-order valence-electron chi connectivity index (χ0n) is 9.12. The number of phenols is 1. The Hall–Kier alpha value is -0.980. The lowest BCUT2D eigenvalue weighted by Crippen LogP contribution is -2.04. The summed E-state index contributed by atoms with van der Waals surface area (Å²) in [7, 11) is 3.04. The summed E-state index contributed by atoms with van der Waals surface area (Å²) >= 11 is 3.25. The van der Waals surface area contributed by atoms with Crippen molar-refractivity contribution in [3.05, 3.63) is 16.1 Å². The Bertz CT molecular complexity index is 370. The first kappa shape index (κ1) is 13.1. The number of phenolic OH excluding ortho intramolecular Hbond substituents is 1. The summed E-state index contributed by atoms with van der Waals surface area (Å²) in [4.78, 5) is 4.47. The molecule has 16 heavy (non-hydrogen) atoms. The lowest BCUT2D eigenvalue weighted by Gasteiger charge is -2.14. The zero-order valence-corrected chi connectivity index (χ0v) is 10.7. The molecule has 0 aliphatic rings. The van der Waals surface area contributed by atoms with E-state index in [1.54, 1.807) is 6.07 Å². The SMILES string of the molecule is COc1cc(CCON)c(O)c(Br)c1OC. The van der Waals surface area contributed by atoms with Crippen LogP contribution in [0.25, 0.3) is 0 Å². The first-order valence-corrected chi connectivity index (χ1v) is 5.39. The van der Waals surface area contributed by atoms with Crippen LogP contribution in [0.3, 0.4) is 0 Å². The van der Waals surface area contributed by atoms with Crippen molar-refractivity contribution >= 4 is 15.9 Å². The van der Waals surface area contributed by atoms with Crippen LogP contribution in [0.1, 0.15) is 5.56 Å². The predicted octanol–water partition coefficient (Wildman–Crippen LogP) is 1.60. The molecule has 0 unspecified atom stereocenters. The van der Waals surface area contributed by atoms with Gasteiger partial charge in [0.1, 0.15) is 10.2 Å². The van der Waals surface area contributed by atoms with E-state index in [2.05, 4.69) is 20.8 Å². The van der Waals surface area contributed by atoms with Gasteiger partial charge in [0.25, 0.3) is 0 Å². The topological polar surface area (TPSA) is 73.9 Å². The Morgan fingerprint density at radius 3 is 2.56 bits per heavy atom. The van der Waals surface area contributed by atoms with Crippen LogP contribution in [0.4, 0.5) is 0 Å². The van der Waals surface area contributed by atoms with Crippen molar-refractivity contribution in [3.63, 3.8) is 0 Å². The van der Waals surface area contributed by atoms with Gasteiger partial charge in [-0.2, -0.15) is 0 Å². The number of nitrogens with two attached hydrogens (primary N) is 1. The van der Waals surface area contributed by atoms with E-state index in [9.17, 15) is 5.11 Å². The Morgan fingerprint density at radius 1 is 1.38 bits per heavy atom. The number of benzene rings is 1. The van der Waals surface area contributed by atoms with Gasteiger partial charge in [0.05, 0.1) is 20.8 Å². The Morgan fingerprint density at radius 2 is 2.06 bits per heavy atom. The summed E-state index contributed by atoms with van der Waals surface area (Å²) in [6.07, 6.45) is 0.487. The van der Waals surface area contributed by atoms with Gasteiger partial charge in [-0.1, -0.05) is 0 Å². The quantitative estimate of drug-likeness (QED) is 0.806. The maximum atomic E-state index is 9.88. The average molecular weight is 292 g/mol. The molecule has 3 N–H and O–H groups in total. The molecule has 90 valence electrons. The number of rotatable bonds is 5. The van der Waals surface area contributed by atoms with Crippen LogP contribution in [-0.2, 0) is 11.3 Å². The van der Waals surface area contributed by atoms with Crippen molar-refractivity contribution in [3.8, 4) is 17.2 Å². The van der Waals surface area contributed by atoms with Crippen LogP contribution in [0.15, 0.2) is 10.5 Å². The molecule has 1 rings (SSSR count). The highest BCUT2D eigenvalue weighted by Gasteiger charge is 2.16. The predicted molar refractivity (Wildman–Crippen MR) is 62.8 cm³/mol. The molecular weight excluding hydrogens is 278 g/mol. The molecule has 0 aromatic heterocycles. The minimum absolute atomic E-state index is 0.106. The fraction of sp³-hybridized carbons (Fsp3) is 0.400. The van der Waals surface area contributed by atoms with Crippen molar-refractivity contribution in [1.82, 2.24) is 0 Å². The molecule has 1 aromatic rings. The smallest absolute Gasteiger partial charge is 0.178 e. The van der Waals surface area contributed by atoms with E-state index in [4.69, 9.17) is 15.4 Å². The van der Waals surface area contributed by atoms with Crippen molar-refractivity contribution in [2.24, 2.45) is 5.90 Å². The average Bonchev–Trinajstić information content (AvgIpc) is 2.30.